The van der Waals surface area contributed by atoms with Crippen LogP contribution in [0.25, 0.3) is 0 Å². The average molecular weight is 323 g/mol. The van der Waals surface area contributed by atoms with Crippen LogP contribution in [0.2, 0.25) is 0 Å². The Morgan fingerprint density at radius 3 is 2.56 bits per heavy atom. The van der Waals surface area contributed by atoms with Crippen molar-refractivity contribution in [3.8, 4) is 0 Å². The summed E-state index contributed by atoms with van der Waals surface area (Å²) in [6.45, 7) is 1.17. The van der Waals surface area contributed by atoms with Crippen LogP contribution in [0.3, 0.4) is 0 Å². The van der Waals surface area contributed by atoms with Gasteiger partial charge in [0.25, 0.3) is 0 Å². The van der Waals surface area contributed by atoms with Gasteiger partial charge in [0.15, 0.2) is 0 Å². The maximum Gasteiger partial charge on any atom is 0.246 e. The van der Waals surface area contributed by atoms with Gasteiger partial charge >= 0.3 is 0 Å². The first-order valence-corrected chi connectivity index (χ1v) is 7.54. The number of hydrogen-bond acceptors (Lipinski definition) is 3. The van der Waals surface area contributed by atoms with Gasteiger partial charge < -0.3 is 4.98 Å². The highest BCUT2D eigenvalue weighted by molar-refractivity contribution is 9.10. The minimum Gasteiger partial charge on any atom is -0.365 e. The number of rotatable bonds is 2. The first-order valence-electron chi connectivity index (χ1n) is 4.90. The fourth-order valence-electron chi connectivity index (χ4n) is 1.70. The lowest BCUT2D eigenvalue weighted by atomic mass is 10.4. The summed E-state index contributed by atoms with van der Waals surface area (Å²) >= 11 is 8.33. The van der Waals surface area contributed by atoms with Crippen LogP contribution in [0.1, 0.15) is 12.8 Å². The van der Waals surface area contributed by atoms with Crippen LogP contribution in [0.15, 0.2) is 21.8 Å². The number of pyridine rings is 1. The monoisotopic (exact) mass is 322 g/mol. The van der Waals surface area contributed by atoms with Crippen LogP contribution in [-0.2, 0) is 10.0 Å². The van der Waals surface area contributed by atoms with Gasteiger partial charge in [-0.2, -0.15) is 4.31 Å². The molecule has 0 spiro atoms. The van der Waals surface area contributed by atoms with Crippen LogP contribution in [0.5, 0.6) is 0 Å². The zero-order chi connectivity index (χ0) is 11.8. The molecule has 2 rings (SSSR count). The van der Waals surface area contributed by atoms with Crippen molar-refractivity contribution >= 4 is 38.2 Å². The molecule has 4 nitrogen and oxygen atoms in total. The molecule has 1 fully saturated rings. The van der Waals surface area contributed by atoms with Crippen molar-refractivity contribution in [1.29, 1.82) is 0 Å². The van der Waals surface area contributed by atoms with Gasteiger partial charge in [-0.05, 0) is 28.8 Å². The molecule has 7 heteroatoms. The van der Waals surface area contributed by atoms with Gasteiger partial charge in [0.2, 0.25) is 10.0 Å². The van der Waals surface area contributed by atoms with E-state index in [4.69, 9.17) is 12.2 Å². The lowest BCUT2D eigenvalue weighted by Crippen LogP contribution is -2.28. The number of sulfonamides is 1. The molecule has 0 atom stereocenters. The molecule has 1 aromatic heterocycles. The summed E-state index contributed by atoms with van der Waals surface area (Å²) in [6, 6.07) is 0. The molecule has 1 aromatic rings. The Balaban J connectivity index is 2.51. The van der Waals surface area contributed by atoms with E-state index in [0.717, 1.165) is 12.8 Å². The standard InChI is InChI=1S/C9H11BrN2O2S2/c10-7-5-11-6-8(9(7)15)16(13,14)12-3-1-2-4-12/h5-6H,1-4H2,(H,11,15). The smallest absolute Gasteiger partial charge is 0.246 e. The van der Waals surface area contributed by atoms with Gasteiger partial charge in [-0.15, -0.1) is 0 Å². The summed E-state index contributed by atoms with van der Waals surface area (Å²) in [5.41, 5.74) is 0. The molecule has 0 aliphatic carbocycles. The number of hydrogen-bond donors (Lipinski definition) is 1. The molecule has 2 heterocycles. The number of aromatic nitrogens is 1. The lowest BCUT2D eigenvalue weighted by Gasteiger charge is -2.15. The molecule has 0 radical (unpaired) electrons. The quantitative estimate of drug-likeness (QED) is 0.850. The van der Waals surface area contributed by atoms with Gasteiger partial charge in [-0.25, -0.2) is 8.42 Å². The second kappa shape index (κ2) is 4.56. The summed E-state index contributed by atoms with van der Waals surface area (Å²) in [5.74, 6) is 0. The Labute approximate surface area is 108 Å². The summed E-state index contributed by atoms with van der Waals surface area (Å²) < 4.78 is 26.9. The van der Waals surface area contributed by atoms with E-state index in [9.17, 15) is 8.42 Å². The third-order valence-corrected chi connectivity index (χ3v) is 5.93. The topological polar surface area (TPSA) is 53.2 Å². The molecular formula is C9H11BrN2O2S2. The first-order chi connectivity index (χ1) is 7.53. The van der Waals surface area contributed by atoms with Crippen LogP contribution in [0, 0.1) is 4.51 Å². The predicted octanol–water partition coefficient (Wildman–Crippen LogP) is 2.29. The third kappa shape index (κ3) is 2.09. The van der Waals surface area contributed by atoms with E-state index < -0.39 is 10.0 Å². The molecule has 0 amide bonds. The Hall–Kier alpha value is -0.240. The van der Waals surface area contributed by atoms with Crippen LogP contribution in [0.4, 0.5) is 0 Å². The van der Waals surface area contributed by atoms with Crippen molar-refractivity contribution in [3.63, 3.8) is 0 Å². The van der Waals surface area contributed by atoms with Crippen molar-refractivity contribution in [3.05, 3.63) is 21.4 Å². The lowest BCUT2D eigenvalue weighted by molar-refractivity contribution is 0.477. The van der Waals surface area contributed by atoms with E-state index in [0.29, 0.717) is 22.1 Å². The fraction of sp³-hybridized carbons (Fsp3) is 0.444. The van der Waals surface area contributed by atoms with Crippen molar-refractivity contribution in [2.45, 2.75) is 17.7 Å². The molecule has 0 bridgehead atoms. The van der Waals surface area contributed by atoms with Gasteiger partial charge in [0.1, 0.15) is 4.90 Å². The van der Waals surface area contributed by atoms with E-state index in [2.05, 4.69) is 20.9 Å². The highest BCUT2D eigenvalue weighted by atomic mass is 79.9. The summed E-state index contributed by atoms with van der Waals surface area (Å²) in [5, 5.41) is 0. The van der Waals surface area contributed by atoms with E-state index >= 15 is 0 Å². The van der Waals surface area contributed by atoms with E-state index in [1.54, 1.807) is 6.20 Å². The normalized spacial score (nSPS) is 17.8. The number of nitrogens with zero attached hydrogens (tertiary/aromatic N) is 1. The molecule has 1 N–H and O–H groups in total. The zero-order valence-electron chi connectivity index (χ0n) is 8.44. The SMILES string of the molecule is O=S(=O)(c1c[nH]cc(Br)c1=S)N1CCCC1. The maximum absolute atomic E-state index is 12.2. The average Bonchev–Trinajstić information content (AvgIpc) is 2.75. The molecule has 1 aliphatic heterocycles. The van der Waals surface area contributed by atoms with Crippen molar-refractivity contribution in [2.24, 2.45) is 0 Å². The Morgan fingerprint density at radius 2 is 1.94 bits per heavy atom. The molecular weight excluding hydrogens is 312 g/mol. The Bertz CT molecular complexity index is 547. The summed E-state index contributed by atoms with van der Waals surface area (Å²) in [4.78, 5) is 2.96. The Morgan fingerprint density at radius 1 is 1.31 bits per heavy atom. The largest absolute Gasteiger partial charge is 0.365 e. The van der Waals surface area contributed by atoms with Crippen molar-refractivity contribution in [2.75, 3.05) is 13.1 Å². The number of nitrogens with one attached hydrogen (secondary N) is 1. The molecule has 0 saturated carbocycles. The molecule has 88 valence electrons. The minimum atomic E-state index is -3.42. The molecule has 0 unspecified atom stereocenters. The Kier molecular flexibility index (Phi) is 3.48. The number of halogens is 1. The highest BCUT2D eigenvalue weighted by Crippen LogP contribution is 2.24. The summed E-state index contributed by atoms with van der Waals surface area (Å²) in [6.07, 6.45) is 4.92. The van der Waals surface area contributed by atoms with Crippen molar-refractivity contribution in [1.82, 2.24) is 9.29 Å². The summed E-state index contributed by atoms with van der Waals surface area (Å²) in [7, 11) is -3.42. The van der Waals surface area contributed by atoms with Gasteiger partial charge in [0, 0.05) is 25.5 Å². The third-order valence-electron chi connectivity index (χ3n) is 2.55. The molecule has 0 aromatic carbocycles. The number of aromatic amines is 1. The van der Waals surface area contributed by atoms with Gasteiger partial charge in [0.05, 0.1) is 8.98 Å². The van der Waals surface area contributed by atoms with E-state index in [1.807, 2.05) is 0 Å². The van der Waals surface area contributed by atoms with Crippen LogP contribution >= 0.6 is 28.1 Å². The van der Waals surface area contributed by atoms with Gasteiger partial charge in [-0.1, -0.05) is 12.2 Å². The van der Waals surface area contributed by atoms with Crippen LogP contribution in [-0.4, -0.2) is 30.8 Å². The highest BCUT2D eigenvalue weighted by Gasteiger charge is 2.28. The molecule has 1 aliphatic rings. The first kappa shape index (κ1) is 12.2. The van der Waals surface area contributed by atoms with Crippen LogP contribution < -0.4 is 0 Å². The second-order valence-electron chi connectivity index (χ2n) is 3.61. The predicted molar refractivity (Wildman–Crippen MR) is 67.3 cm³/mol. The minimum absolute atomic E-state index is 0.179. The molecule has 16 heavy (non-hydrogen) atoms. The number of H-pyrrole nitrogens is 1. The van der Waals surface area contributed by atoms with E-state index in [1.165, 1.54) is 10.5 Å². The second-order valence-corrected chi connectivity index (χ2v) is 6.78. The van der Waals surface area contributed by atoms with Gasteiger partial charge in [-0.3, -0.25) is 0 Å². The zero-order valence-corrected chi connectivity index (χ0v) is 11.7. The molecule has 1 saturated heterocycles. The maximum atomic E-state index is 12.2. The van der Waals surface area contributed by atoms with Crippen molar-refractivity contribution < 1.29 is 8.42 Å². The fourth-order valence-corrected chi connectivity index (χ4v) is 4.19. The van der Waals surface area contributed by atoms with E-state index in [-0.39, 0.29) is 4.90 Å².